The fourth-order valence-corrected chi connectivity index (χ4v) is 3.56. The largest absolute Gasteiger partial charge is 0.316 e. The van der Waals surface area contributed by atoms with E-state index in [1.807, 2.05) is 30.5 Å². The van der Waals surface area contributed by atoms with Crippen LogP contribution in [-0.4, -0.2) is 10.2 Å². The summed E-state index contributed by atoms with van der Waals surface area (Å²) in [5.74, 6) is 0.225. The number of benzene rings is 2. The number of pyridine rings is 1. The number of fused-ring (bicyclic) bond motifs is 1. The molecule has 0 bridgehead atoms. The molecule has 0 spiro atoms. The Hall–Kier alpha value is -3.13. The van der Waals surface area contributed by atoms with Crippen LogP contribution < -0.4 is 0 Å². The lowest BCUT2D eigenvalue weighted by atomic mass is 10.0. The SMILES string of the molecule is CCCCC(=O)c1ccn2c(-c3ccccc3)c(-c3ccccc3)cc2c1. The number of hydrogen-bond acceptors (Lipinski definition) is 1. The molecule has 2 aromatic carbocycles. The van der Waals surface area contributed by atoms with Crippen molar-refractivity contribution in [1.29, 1.82) is 0 Å². The van der Waals surface area contributed by atoms with Crippen LogP contribution >= 0.6 is 0 Å². The van der Waals surface area contributed by atoms with Crippen molar-refractivity contribution in [1.82, 2.24) is 4.40 Å². The molecule has 2 heteroatoms. The molecule has 2 heterocycles. The number of carbonyl (C=O) groups is 1. The molecule has 0 saturated carbocycles. The third-order valence-electron chi connectivity index (χ3n) is 4.98. The number of ketones is 1. The van der Waals surface area contributed by atoms with Gasteiger partial charge in [0.05, 0.1) is 5.69 Å². The quantitative estimate of drug-likeness (QED) is 0.356. The predicted octanol–water partition coefficient (Wildman–Crippen LogP) is 6.65. The first-order valence-corrected chi connectivity index (χ1v) is 9.57. The van der Waals surface area contributed by atoms with E-state index < -0.39 is 0 Å². The highest BCUT2D eigenvalue weighted by Crippen LogP contribution is 2.35. The van der Waals surface area contributed by atoms with E-state index in [9.17, 15) is 4.79 Å². The van der Waals surface area contributed by atoms with E-state index in [4.69, 9.17) is 0 Å². The van der Waals surface area contributed by atoms with E-state index in [2.05, 4.69) is 65.9 Å². The zero-order valence-corrected chi connectivity index (χ0v) is 15.6. The average Bonchev–Trinajstić information content (AvgIpc) is 3.12. The minimum absolute atomic E-state index is 0.225. The summed E-state index contributed by atoms with van der Waals surface area (Å²) in [7, 11) is 0. The van der Waals surface area contributed by atoms with Gasteiger partial charge in [0.15, 0.2) is 5.78 Å². The third-order valence-corrected chi connectivity index (χ3v) is 4.98. The topological polar surface area (TPSA) is 21.5 Å². The lowest BCUT2D eigenvalue weighted by Gasteiger charge is -2.08. The summed E-state index contributed by atoms with van der Waals surface area (Å²) in [6, 6.07) is 27.0. The van der Waals surface area contributed by atoms with Crippen molar-refractivity contribution >= 4 is 11.3 Å². The van der Waals surface area contributed by atoms with E-state index in [1.165, 1.54) is 16.7 Å². The highest BCUT2D eigenvalue weighted by Gasteiger charge is 2.15. The first-order chi connectivity index (χ1) is 13.3. The molecule has 0 aliphatic carbocycles. The fraction of sp³-hybridized carbons (Fsp3) is 0.160. The van der Waals surface area contributed by atoms with Crippen molar-refractivity contribution in [3.8, 4) is 22.4 Å². The molecule has 0 unspecified atom stereocenters. The van der Waals surface area contributed by atoms with Crippen molar-refractivity contribution in [2.24, 2.45) is 0 Å². The standard InChI is InChI=1S/C25H23NO/c1-2-3-14-24(27)21-15-16-26-22(17-21)18-23(19-10-6-4-7-11-19)25(26)20-12-8-5-9-13-20/h4-13,15-18H,2-3,14H2,1H3. The second-order valence-electron chi connectivity index (χ2n) is 6.88. The second kappa shape index (κ2) is 7.63. The van der Waals surface area contributed by atoms with Gasteiger partial charge in [0, 0.05) is 29.3 Å². The van der Waals surface area contributed by atoms with E-state index in [1.54, 1.807) is 0 Å². The van der Waals surface area contributed by atoms with Gasteiger partial charge in [0.1, 0.15) is 0 Å². The minimum Gasteiger partial charge on any atom is -0.316 e. The summed E-state index contributed by atoms with van der Waals surface area (Å²) in [6.45, 7) is 2.11. The van der Waals surface area contributed by atoms with Crippen LogP contribution in [0.5, 0.6) is 0 Å². The lowest BCUT2D eigenvalue weighted by molar-refractivity contribution is 0.0980. The summed E-state index contributed by atoms with van der Waals surface area (Å²) in [4.78, 5) is 12.5. The van der Waals surface area contributed by atoms with Crippen LogP contribution in [0.15, 0.2) is 85.1 Å². The predicted molar refractivity (Wildman–Crippen MR) is 112 cm³/mol. The molecule has 0 radical (unpaired) electrons. The Kier molecular flexibility index (Phi) is 4.88. The molecular weight excluding hydrogens is 330 g/mol. The van der Waals surface area contributed by atoms with Crippen LogP contribution in [-0.2, 0) is 0 Å². The summed E-state index contributed by atoms with van der Waals surface area (Å²) in [6.07, 6.45) is 4.62. The van der Waals surface area contributed by atoms with Crippen LogP contribution in [0.3, 0.4) is 0 Å². The van der Waals surface area contributed by atoms with Gasteiger partial charge in [-0.1, -0.05) is 74.0 Å². The van der Waals surface area contributed by atoms with Gasteiger partial charge < -0.3 is 4.40 Å². The second-order valence-corrected chi connectivity index (χ2v) is 6.88. The summed E-state index contributed by atoms with van der Waals surface area (Å²) < 4.78 is 2.19. The highest BCUT2D eigenvalue weighted by molar-refractivity contribution is 5.98. The van der Waals surface area contributed by atoms with Crippen molar-refractivity contribution in [2.45, 2.75) is 26.2 Å². The van der Waals surface area contributed by atoms with E-state index >= 15 is 0 Å². The first-order valence-electron chi connectivity index (χ1n) is 9.57. The van der Waals surface area contributed by atoms with E-state index in [-0.39, 0.29) is 5.78 Å². The molecule has 0 saturated heterocycles. The normalized spacial score (nSPS) is 11.0. The van der Waals surface area contributed by atoms with Gasteiger partial charge in [-0.3, -0.25) is 4.79 Å². The van der Waals surface area contributed by atoms with E-state index in [0.717, 1.165) is 29.6 Å². The molecule has 0 fully saturated rings. The Bertz CT molecular complexity index is 1060. The van der Waals surface area contributed by atoms with Gasteiger partial charge in [-0.05, 0) is 35.7 Å². The number of hydrogen-bond donors (Lipinski definition) is 0. The highest BCUT2D eigenvalue weighted by atomic mass is 16.1. The first kappa shape index (κ1) is 17.3. The molecule has 4 aromatic rings. The molecule has 134 valence electrons. The molecule has 27 heavy (non-hydrogen) atoms. The fourth-order valence-electron chi connectivity index (χ4n) is 3.56. The van der Waals surface area contributed by atoms with Gasteiger partial charge in [-0.15, -0.1) is 0 Å². The van der Waals surface area contributed by atoms with Crippen LogP contribution in [0.1, 0.15) is 36.5 Å². The molecule has 2 nitrogen and oxygen atoms in total. The third kappa shape index (κ3) is 3.43. The Morgan fingerprint density at radius 1 is 0.852 bits per heavy atom. The van der Waals surface area contributed by atoms with Crippen LogP contribution in [0.4, 0.5) is 0 Å². The molecule has 0 aliphatic rings. The van der Waals surface area contributed by atoms with Crippen LogP contribution in [0.2, 0.25) is 0 Å². The Morgan fingerprint density at radius 2 is 1.52 bits per heavy atom. The number of rotatable bonds is 6. The molecule has 0 aliphatic heterocycles. The molecule has 0 N–H and O–H groups in total. The molecule has 0 amide bonds. The number of aromatic nitrogens is 1. The zero-order valence-electron chi connectivity index (χ0n) is 15.6. The molecule has 4 rings (SSSR count). The monoisotopic (exact) mass is 353 g/mol. The van der Waals surface area contributed by atoms with Gasteiger partial charge in [0.2, 0.25) is 0 Å². The van der Waals surface area contributed by atoms with Crippen molar-refractivity contribution in [2.75, 3.05) is 0 Å². The van der Waals surface area contributed by atoms with Gasteiger partial charge >= 0.3 is 0 Å². The van der Waals surface area contributed by atoms with Crippen LogP contribution in [0.25, 0.3) is 27.9 Å². The number of carbonyl (C=O) groups excluding carboxylic acids is 1. The molecular formula is C25H23NO. The minimum atomic E-state index is 0.225. The van der Waals surface area contributed by atoms with Crippen molar-refractivity contribution in [3.05, 3.63) is 90.6 Å². The van der Waals surface area contributed by atoms with Gasteiger partial charge in [0.25, 0.3) is 0 Å². The van der Waals surface area contributed by atoms with Gasteiger partial charge in [-0.25, -0.2) is 0 Å². The van der Waals surface area contributed by atoms with Crippen molar-refractivity contribution in [3.63, 3.8) is 0 Å². The maximum absolute atomic E-state index is 12.5. The van der Waals surface area contributed by atoms with E-state index in [0.29, 0.717) is 6.42 Å². The summed E-state index contributed by atoms with van der Waals surface area (Å²) >= 11 is 0. The maximum Gasteiger partial charge on any atom is 0.163 e. The lowest BCUT2D eigenvalue weighted by Crippen LogP contribution is -2.00. The smallest absolute Gasteiger partial charge is 0.163 e. The van der Waals surface area contributed by atoms with Crippen molar-refractivity contribution < 1.29 is 4.79 Å². The van der Waals surface area contributed by atoms with Crippen LogP contribution in [0, 0.1) is 0 Å². The Balaban J connectivity index is 1.89. The molecule has 0 atom stereocenters. The maximum atomic E-state index is 12.5. The van der Waals surface area contributed by atoms with Gasteiger partial charge in [-0.2, -0.15) is 0 Å². The molecule has 2 aromatic heterocycles. The Morgan fingerprint density at radius 3 is 2.19 bits per heavy atom. The number of Topliss-reactive ketones (excluding diaryl/α,β-unsaturated/α-hetero) is 1. The number of nitrogens with zero attached hydrogens (tertiary/aromatic N) is 1. The summed E-state index contributed by atoms with van der Waals surface area (Å²) in [5.41, 5.74) is 6.53. The average molecular weight is 353 g/mol. The summed E-state index contributed by atoms with van der Waals surface area (Å²) in [5, 5.41) is 0. The Labute approximate surface area is 160 Å². The number of unbranched alkanes of at least 4 members (excludes halogenated alkanes) is 1. The zero-order chi connectivity index (χ0) is 18.6.